The molecule has 0 radical (unpaired) electrons. The van der Waals surface area contributed by atoms with E-state index in [9.17, 15) is 0 Å². The van der Waals surface area contributed by atoms with E-state index in [-0.39, 0.29) is 0 Å². The molecule has 0 amide bonds. The number of aromatic nitrogens is 4. The molecule has 0 spiro atoms. The summed E-state index contributed by atoms with van der Waals surface area (Å²) in [5, 5.41) is 12.5. The smallest absolute Gasteiger partial charge is 0.177 e. The molecular weight excluding hydrogens is 332 g/mol. The second-order valence-electron chi connectivity index (χ2n) is 6.27. The van der Waals surface area contributed by atoms with Crippen LogP contribution in [0.1, 0.15) is 5.56 Å². The Morgan fingerprint density at radius 3 is 2.62 bits per heavy atom. The van der Waals surface area contributed by atoms with Crippen LogP contribution in [0.5, 0.6) is 11.5 Å². The van der Waals surface area contributed by atoms with Crippen molar-refractivity contribution in [2.45, 2.75) is 6.54 Å². The Bertz CT molecular complexity index is 888. The molecule has 0 saturated carbocycles. The van der Waals surface area contributed by atoms with Crippen LogP contribution in [0.25, 0.3) is 5.65 Å². The van der Waals surface area contributed by atoms with E-state index in [0.717, 1.165) is 61.3 Å². The lowest BCUT2D eigenvalue weighted by molar-refractivity contribution is 0.245. The number of piperazine rings is 1. The zero-order valence-electron chi connectivity index (χ0n) is 15.0. The van der Waals surface area contributed by atoms with Crippen LogP contribution in [0.4, 0.5) is 5.82 Å². The van der Waals surface area contributed by atoms with Gasteiger partial charge in [-0.1, -0.05) is 0 Å². The average molecular weight is 354 g/mol. The number of methoxy groups -OCH3 is 2. The Kier molecular flexibility index (Phi) is 4.57. The predicted molar refractivity (Wildman–Crippen MR) is 97.8 cm³/mol. The van der Waals surface area contributed by atoms with Gasteiger partial charge in [-0.2, -0.15) is 4.52 Å². The Balaban J connectivity index is 1.42. The van der Waals surface area contributed by atoms with Crippen LogP contribution in [-0.2, 0) is 6.54 Å². The summed E-state index contributed by atoms with van der Waals surface area (Å²) in [4.78, 5) is 4.71. The summed E-state index contributed by atoms with van der Waals surface area (Å²) in [6.07, 6.45) is 1.63. The number of rotatable bonds is 5. The molecule has 1 aliphatic rings. The van der Waals surface area contributed by atoms with Crippen molar-refractivity contribution in [3.05, 3.63) is 42.2 Å². The molecule has 0 unspecified atom stereocenters. The first-order chi connectivity index (χ1) is 12.8. The van der Waals surface area contributed by atoms with Gasteiger partial charge in [0.15, 0.2) is 5.65 Å². The fourth-order valence-corrected chi connectivity index (χ4v) is 3.27. The first kappa shape index (κ1) is 16.6. The van der Waals surface area contributed by atoms with Crippen LogP contribution in [0, 0.1) is 0 Å². The molecule has 4 rings (SSSR count). The summed E-state index contributed by atoms with van der Waals surface area (Å²) in [5.41, 5.74) is 1.90. The maximum Gasteiger partial charge on any atom is 0.177 e. The quantitative estimate of drug-likeness (QED) is 0.687. The van der Waals surface area contributed by atoms with Gasteiger partial charge in [0.2, 0.25) is 0 Å². The molecule has 8 nitrogen and oxygen atoms in total. The van der Waals surface area contributed by atoms with E-state index >= 15 is 0 Å². The molecule has 0 N–H and O–H groups in total. The minimum Gasteiger partial charge on any atom is -0.497 e. The van der Waals surface area contributed by atoms with Crippen LogP contribution in [0.2, 0.25) is 0 Å². The molecule has 8 heteroatoms. The van der Waals surface area contributed by atoms with Crippen molar-refractivity contribution in [1.29, 1.82) is 0 Å². The van der Waals surface area contributed by atoms with Gasteiger partial charge in [-0.05, 0) is 30.3 Å². The number of hydrogen-bond donors (Lipinski definition) is 0. The molecule has 3 heterocycles. The summed E-state index contributed by atoms with van der Waals surface area (Å²) in [6.45, 7) is 4.61. The summed E-state index contributed by atoms with van der Waals surface area (Å²) < 4.78 is 12.5. The van der Waals surface area contributed by atoms with E-state index in [1.807, 2.05) is 30.3 Å². The maximum atomic E-state index is 5.49. The largest absolute Gasteiger partial charge is 0.497 e. The van der Waals surface area contributed by atoms with Gasteiger partial charge in [-0.15, -0.1) is 15.3 Å². The molecule has 1 aliphatic heterocycles. The van der Waals surface area contributed by atoms with E-state index in [0.29, 0.717) is 0 Å². The lowest BCUT2D eigenvalue weighted by atomic mass is 10.1. The van der Waals surface area contributed by atoms with Gasteiger partial charge in [0.1, 0.15) is 23.6 Å². The van der Waals surface area contributed by atoms with E-state index < -0.39 is 0 Å². The topological polar surface area (TPSA) is 68.0 Å². The highest BCUT2D eigenvalue weighted by Crippen LogP contribution is 2.26. The molecule has 1 aromatic carbocycles. The van der Waals surface area contributed by atoms with Crippen LogP contribution in [-0.4, -0.2) is 65.1 Å². The van der Waals surface area contributed by atoms with Gasteiger partial charge in [-0.3, -0.25) is 4.90 Å². The van der Waals surface area contributed by atoms with E-state index in [1.165, 1.54) is 0 Å². The van der Waals surface area contributed by atoms with Crippen molar-refractivity contribution in [2.24, 2.45) is 0 Å². The van der Waals surface area contributed by atoms with E-state index in [2.05, 4.69) is 25.1 Å². The van der Waals surface area contributed by atoms with Crippen molar-refractivity contribution in [3.63, 3.8) is 0 Å². The van der Waals surface area contributed by atoms with Gasteiger partial charge in [0.05, 0.1) is 14.2 Å². The minimum absolute atomic E-state index is 0.762. The Labute approximate surface area is 151 Å². The standard InChI is InChI=1S/C18H22N6O2/c1-25-15-3-4-16(26-2)14(11-15)12-22-7-9-23(10-8-22)18-6-5-17-20-19-13-24(17)21-18/h3-6,11,13H,7-10,12H2,1-2H3. The Morgan fingerprint density at radius 1 is 1.00 bits per heavy atom. The van der Waals surface area contributed by atoms with Gasteiger partial charge >= 0.3 is 0 Å². The van der Waals surface area contributed by atoms with Crippen molar-refractivity contribution in [1.82, 2.24) is 24.7 Å². The molecule has 3 aromatic rings. The number of anilines is 1. The first-order valence-electron chi connectivity index (χ1n) is 8.62. The van der Waals surface area contributed by atoms with Crippen LogP contribution >= 0.6 is 0 Å². The maximum absolute atomic E-state index is 5.49. The normalized spacial score (nSPS) is 15.4. The zero-order valence-corrected chi connectivity index (χ0v) is 15.0. The van der Waals surface area contributed by atoms with Crippen molar-refractivity contribution >= 4 is 11.5 Å². The van der Waals surface area contributed by atoms with Gasteiger partial charge < -0.3 is 14.4 Å². The molecule has 1 saturated heterocycles. The second-order valence-corrected chi connectivity index (χ2v) is 6.27. The monoisotopic (exact) mass is 354 g/mol. The summed E-state index contributed by atoms with van der Waals surface area (Å²) >= 11 is 0. The number of benzene rings is 1. The molecule has 0 bridgehead atoms. The number of nitrogens with zero attached hydrogens (tertiary/aromatic N) is 6. The molecule has 2 aromatic heterocycles. The molecule has 1 fully saturated rings. The van der Waals surface area contributed by atoms with Gasteiger partial charge in [0, 0.05) is 38.3 Å². The SMILES string of the molecule is COc1ccc(OC)c(CN2CCN(c3ccc4nncn4n3)CC2)c1. The fraction of sp³-hybridized carbons (Fsp3) is 0.389. The second kappa shape index (κ2) is 7.17. The first-order valence-corrected chi connectivity index (χ1v) is 8.62. The lowest BCUT2D eigenvalue weighted by Gasteiger charge is -2.35. The molecular formula is C18H22N6O2. The predicted octanol–water partition coefficient (Wildman–Crippen LogP) is 1.46. The van der Waals surface area contributed by atoms with E-state index in [1.54, 1.807) is 25.1 Å². The third-order valence-electron chi connectivity index (χ3n) is 4.73. The highest BCUT2D eigenvalue weighted by atomic mass is 16.5. The molecule has 0 atom stereocenters. The van der Waals surface area contributed by atoms with Crippen LogP contribution in [0.3, 0.4) is 0 Å². The van der Waals surface area contributed by atoms with Crippen molar-refractivity contribution in [2.75, 3.05) is 45.3 Å². The van der Waals surface area contributed by atoms with Crippen LogP contribution in [0.15, 0.2) is 36.7 Å². The third kappa shape index (κ3) is 3.28. The summed E-state index contributed by atoms with van der Waals surface area (Å²) in [5.74, 6) is 2.70. The van der Waals surface area contributed by atoms with Crippen molar-refractivity contribution < 1.29 is 9.47 Å². The number of hydrogen-bond acceptors (Lipinski definition) is 7. The number of fused-ring (bicyclic) bond motifs is 1. The summed E-state index contributed by atoms with van der Waals surface area (Å²) in [6, 6.07) is 9.88. The van der Waals surface area contributed by atoms with Gasteiger partial charge in [-0.25, -0.2) is 0 Å². The molecule has 26 heavy (non-hydrogen) atoms. The Morgan fingerprint density at radius 2 is 1.85 bits per heavy atom. The van der Waals surface area contributed by atoms with Crippen molar-refractivity contribution in [3.8, 4) is 11.5 Å². The van der Waals surface area contributed by atoms with Gasteiger partial charge in [0.25, 0.3) is 0 Å². The minimum atomic E-state index is 0.762. The summed E-state index contributed by atoms with van der Waals surface area (Å²) in [7, 11) is 3.39. The van der Waals surface area contributed by atoms with Crippen LogP contribution < -0.4 is 14.4 Å². The highest BCUT2D eigenvalue weighted by molar-refractivity contribution is 5.45. The lowest BCUT2D eigenvalue weighted by Crippen LogP contribution is -2.46. The zero-order chi connectivity index (χ0) is 17.9. The average Bonchev–Trinajstić information content (AvgIpc) is 3.16. The fourth-order valence-electron chi connectivity index (χ4n) is 3.27. The molecule has 0 aliphatic carbocycles. The number of ether oxygens (including phenoxy) is 2. The van der Waals surface area contributed by atoms with E-state index in [4.69, 9.17) is 9.47 Å². The molecule has 136 valence electrons. The highest BCUT2D eigenvalue weighted by Gasteiger charge is 2.20. The Hall–Kier alpha value is -2.87. The third-order valence-corrected chi connectivity index (χ3v) is 4.73.